The lowest BCUT2D eigenvalue weighted by Gasteiger charge is -2.21. The van der Waals surface area contributed by atoms with Gasteiger partial charge >= 0.3 is 6.09 Å². The third kappa shape index (κ3) is 4.73. The van der Waals surface area contributed by atoms with Crippen molar-refractivity contribution < 1.29 is 19.7 Å². The van der Waals surface area contributed by atoms with Crippen molar-refractivity contribution in [1.29, 1.82) is 0 Å². The molecule has 0 fully saturated rings. The standard InChI is InChI=1S/C13H19NO4/c1-14(7-12(8-15)9-16)13(17)18-10-11-5-3-2-4-6-11/h2-6,12,15-16H,7-10H2,1H3. The van der Waals surface area contributed by atoms with Crippen LogP contribution in [-0.4, -0.2) is 48.0 Å². The number of aliphatic hydroxyl groups excluding tert-OH is 2. The minimum atomic E-state index is -0.467. The number of benzene rings is 1. The summed E-state index contributed by atoms with van der Waals surface area (Å²) in [4.78, 5) is 13.0. The molecule has 0 spiro atoms. The molecular formula is C13H19NO4. The maximum Gasteiger partial charge on any atom is 0.409 e. The van der Waals surface area contributed by atoms with Gasteiger partial charge in [-0.25, -0.2) is 4.79 Å². The second-order valence-corrected chi connectivity index (χ2v) is 4.15. The highest BCUT2D eigenvalue weighted by atomic mass is 16.6. The van der Waals surface area contributed by atoms with Crippen LogP contribution in [0.4, 0.5) is 4.79 Å². The van der Waals surface area contributed by atoms with Crippen LogP contribution >= 0.6 is 0 Å². The molecule has 18 heavy (non-hydrogen) atoms. The number of hydrogen-bond donors (Lipinski definition) is 2. The topological polar surface area (TPSA) is 70.0 Å². The normalized spacial score (nSPS) is 10.4. The van der Waals surface area contributed by atoms with Gasteiger partial charge in [0.15, 0.2) is 0 Å². The van der Waals surface area contributed by atoms with Crippen molar-refractivity contribution in [2.75, 3.05) is 26.8 Å². The number of carbonyl (C=O) groups is 1. The van der Waals surface area contributed by atoms with Crippen LogP contribution in [0, 0.1) is 5.92 Å². The molecule has 5 nitrogen and oxygen atoms in total. The quantitative estimate of drug-likeness (QED) is 0.788. The van der Waals surface area contributed by atoms with E-state index in [-0.39, 0.29) is 32.3 Å². The molecule has 0 unspecified atom stereocenters. The fraction of sp³-hybridized carbons (Fsp3) is 0.462. The Morgan fingerprint density at radius 3 is 2.44 bits per heavy atom. The molecule has 1 rings (SSSR count). The van der Waals surface area contributed by atoms with Crippen LogP contribution in [0.25, 0.3) is 0 Å². The lowest BCUT2D eigenvalue weighted by atomic mass is 10.2. The van der Waals surface area contributed by atoms with E-state index in [0.717, 1.165) is 5.56 Å². The van der Waals surface area contributed by atoms with E-state index in [1.165, 1.54) is 4.90 Å². The number of nitrogens with zero attached hydrogens (tertiary/aromatic N) is 1. The SMILES string of the molecule is CN(CC(CO)CO)C(=O)OCc1ccccc1. The van der Waals surface area contributed by atoms with Crippen LogP contribution in [-0.2, 0) is 11.3 Å². The van der Waals surface area contributed by atoms with Crippen molar-refractivity contribution in [1.82, 2.24) is 4.90 Å². The molecule has 0 aliphatic carbocycles. The number of amides is 1. The van der Waals surface area contributed by atoms with Crippen molar-refractivity contribution in [2.45, 2.75) is 6.61 Å². The van der Waals surface area contributed by atoms with E-state index in [2.05, 4.69) is 0 Å². The molecule has 0 radical (unpaired) electrons. The van der Waals surface area contributed by atoms with Gasteiger partial charge in [0.1, 0.15) is 6.61 Å². The van der Waals surface area contributed by atoms with Gasteiger partial charge in [0.2, 0.25) is 0 Å². The van der Waals surface area contributed by atoms with Gasteiger partial charge < -0.3 is 19.8 Å². The van der Waals surface area contributed by atoms with Crippen molar-refractivity contribution in [3.63, 3.8) is 0 Å². The number of hydrogen-bond acceptors (Lipinski definition) is 4. The van der Waals surface area contributed by atoms with Crippen molar-refractivity contribution in [3.8, 4) is 0 Å². The zero-order valence-corrected chi connectivity index (χ0v) is 10.5. The highest BCUT2D eigenvalue weighted by molar-refractivity contribution is 5.67. The van der Waals surface area contributed by atoms with Gasteiger partial charge in [0.05, 0.1) is 0 Å². The van der Waals surface area contributed by atoms with E-state index in [4.69, 9.17) is 14.9 Å². The molecular weight excluding hydrogens is 234 g/mol. The smallest absolute Gasteiger partial charge is 0.409 e. The van der Waals surface area contributed by atoms with E-state index >= 15 is 0 Å². The summed E-state index contributed by atoms with van der Waals surface area (Å²) >= 11 is 0. The van der Waals surface area contributed by atoms with Crippen LogP contribution in [0.2, 0.25) is 0 Å². The maximum absolute atomic E-state index is 11.6. The molecule has 0 heterocycles. The zero-order valence-electron chi connectivity index (χ0n) is 10.5. The Bertz CT molecular complexity index is 351. The van der Waals surface area contributed by atoms with E-state index < -0.39 is 6.09 Å². The molecule has 0 atom stereocenters. The molecule has 100 valence electrons. The monoisotopic (exact) mass is 253 g/mol. The van der Waals surface area contributed by atoms with E-state index in [1.807, 2.05) is 30.3 Å². The molecule has 2 N–H and O–H groups in total. The van der Waals surface area contributed by atoms with E-state index in [0.29, 0.717) is 0 Å². The molecule has 1 aromatic carbocycles. The first-order valence-corrected chi connectivity index (χ1v) is 5.81. The molecule has 0 aromatic heterocycles. The molecule has 0 aliphatic rings. The third-order valence-electron chi connectivity index (χ3n) is 2.57. The third-order valence-corrected chi connectivity index (χ3v) is 2.57. The number of carbonyl (C=O) groups excluding carboxylic acids is 1. The van der Waals surface area contributed by atoms with Gasteiger partial charge in [0, 0.05) is 32.7 Å². The summed E-state index contributed by atoms with van der Waals surface area (Å²) in [6.07, 6.45) is -0.467. The first-order chi connectivity index (χ1) is 8.67. The fourth-order valence-corrected chi connectivity index (χ4v) is 1.46. The van der Waals surface area contributed by atoms with Crippen LogP contribution in [0.15, 0.2) is 30.3 Å². The predicted octanol–water partition coefficient (Wildman–Crippen LogP) is 0.856. The summed E-state index contributed by atoms with van der Waals surface area (Å²) in [6.45, 7) is 0.160. The second kappa shape index (κ2) is 7.68. The molecule has 1 aromatic rings. The molecule has 0 saturated heterocycles. The van der Waals surface area contributed by atoms with Crippen molar-refractivity contribution >= 4 is 6.09 Å². The van der Waals surface area contributed by atoms with Crippen LogP contribution < -0.4 is 0 Å². The van der Waals surface area contributed by atoms with Gasteiger partial charge in [0.25, 0.3) is 0 Å². The van der Waals surface area contributed by atoms with Gasteiger partial charge in [-0.2, -0.15) is 0 Å². The van der Waals surface area contributed by atoms with Crippen molar-refractivity contribution in [3.05, 3.63) is 35.9 Å². The van der Waals surface area contributed by atoms with Crippen LogP contribution in [0.1, 0.15) is 5.56 Å². The zero-order chi connectivity index (χ0) is 13.4. The first kappa shape index (κ1) is 14.5. The average Bonchev–Trinajstić information content (AvgIpc) is 2.42. The van der Waals surface area contributed by atoms with E-state index in [9.17, 15) is 4.79 Å². The Kier molecular flexibility index (Phi) is 6.18. The highest BCUT2D eigenvalue weighted by Gasteiger charge is 2.15. The van der Waals surface area contributed by atoms with E-state index in [1.54, 1.807) is 7.05 Å². The molecule has 5 heteroatoms. The fourth-order valence-electron chi connectivity index (χ4n) is 1.46. The lowest BCUT2D eigenvalue weighted by molar-refractivity contribution is 0.0813. The molecule has 1 amide bonds. The van der Waals surface area contributed by atoms with Gasteiger partial charge in [-0.05, 0) is 5.56 Å². The van der Waals surface area contributed by atoms with Gasteiger partial charge in [-0.1, -0.05) is 30.3 Å². The molecule has 0 bridgehead atoms. The highest BCUT2D eigenvalue weighted by Crippen LogP contribution is 2.04. The maximum atomic E-state index is 11.6. The Balaban J connectivity index is 2.36. The Morgan fingerprint density at radius 2 is 1.89 bits per heavy atom. The Hall–Kier alpha value is -1.59. The summed E-state index contributed by atoms with van der Waals surface area (Å²) in [5.74, 6) is -0.334. The first-order valence-electron chi connectivity index (χ1n) is 5.81. The Labute approximate surface area is 107 Å². The second-order valence-electron chi connectivity index (χ2n) is 4.15. The Morgan fingerprint density at radius 1 is 1.28 bits per heavy atom. The summed E-state index contributed by atoms with van der Waals surface area (Å²) < 4.78 is 5.10. The number of aliphatic hydroxyl groups is 2. The lowest BCUT2D eigenvalue weighted by Crippen LogP contribution is -2.34. The molecule has 0 saturated carbocycles. The number of rotatable bonds is 6. The van der Waals surface area contributed by atoms with Crippen LogP contribution in [0.3, 0.4) is 0 Å². The van der Waals surface area contributed by atoms with Gasteiger partial charge in [-0.15, -0.1) is 0 Å². The molecule has 0 aliphatic heterocycles. The largest absolute Gasteiger partial charge is 0.445 e. The number of ether oxygens (including phenoxy) is 1. The predicted molar refractivity (Wildman–Crippen MR) is 66.9 cm³/mol. The average molecular weight is 253 g/mol. The summed E-state index contributed by atoms with van der Waals surface area (Å²) in [5.41, 5.74) is 0.917. The van der Waals surface area contributed by atoms with Crippen molar-refractivity contribution in [2.24, 2.45) is 5.92 Å². The van der Waals surface area contributed by atoms with Gasteiger partial charge in [-0.3, -0.25) is 0 Å². The summed E-state index contributed by atoms with van der Waals surface area (Å²) in [6, 6.07) is 9.39. The minimum absolute atomic E-state index is 0.160. The van der Waals surface area contributed by atoms with Crippen LogP contribution in [0.5, 0.6) is 0 Å². The minimum Gasteiger partial charge on any atom is -0.445 e. The summed E-state index contributed by atoms with van der Waals surface area (Å²) in [7, 11) is 1.58. The summed E-state index contributed by atoms with van der Waals surface area (Å²) in [5, 5.41) is 17.9.